The number of fused-ring (bicyclic) bond motifs is 1. The maximum atomic E-state index is 12.4. The Morgan fingerprint density at radius 1 is 1.20 bits per heavy atom. The number of hydrogen-bond donors (Lipinski definition) is 2. The lowest BCUT2D eigenvalue weighted by Crippen LogP contribution is -2.39. The number of imidazole rings is 1. The zero-order valence-electron chi connectivity index (χ0n) is 19.3. The van der Waals surface area contributed by atoms with Gasteiger partial charge in [-0.25, -0.2) is 4.98 Å². The molecule has 1 unspecified atom stereocenters. The first-order valence-corrected chi connectivity index (χ1v) is 11.2. The van der Waals surface area contributed by atoms with Crippen LogP contribution >= 0.6 is 0 Å². The monoisotopic (exact) mass is 472 g/mol. The third-order valence-electron chi connectivity index (χ3n) is 6.05. The molecule has 1 aliphatic rings. The van der Waals surface area contributed by atoms with Crippen molar-refractivity contribution < 1.29 is 19.1 Å². The van der Waals surface area contributed by atoms with Crippen molar-refractivity contribution >= 4 is 34.3 Å². The highest BCUT2D eigenvalue weighted by Crippen LogP contribution is 2.32. The van der Waals surface area contributed by atoms with Crippen molar-refractivity contribution in [3.05, 3.63) is 66.4 Å². The number of aryl methyl sites for hydroxylation is 2. The minimum absolute atomic E-state index is 0.161. The molecule has 2 aromatic heterocycles. The van der Waals surface area contributed by atoms with E-state index in [2.05, 4.69) is 20.7 Å². The van der Waals surface area contributed by atoms with E-state index in [0.29, 0.717) is 23.6 Å². The van der Waals surface area contributed by atoms with Crippen molar-refractivity contribution in [2.24, 2.45) is 7.05 Å². The van der Waals surface area contributed by atoms with Crippen LogP contribution in [0.5, 0.6) is 5.75 Å². The van der Waals surface area contributed by atoms with Gasteiger partial charge in [-0.05, 0) is 49.7 Å². The second-order valence-electron chi connectivity index (χ2n) is 8.42. The maximum Gasteiger partial charge on any atom is 0.262 e. The Morgan fingerprint density at radius 3 is 2.71 bits per heavy atom. The predicted molar refractivity (Wildman–Crippen MR) is 128 cm³/mol. The predicted octanol–water partition coefficient (Wildman–Crippen LogP) is 2.61. The molecular formula is C25H24N6O4. The number of hydrogen-bond acceptors (Lipinski definition) is 6. The Labute approximate surface area is 200 Å². The van der Waals surface area contributed by atoms with Gasteiger partial charge in [0.25, 0.3) is 5.91 Å². The minimum atomic E-state index is -0.474. The highest BCUT2D eigenvalue weighted by atomic mass is 16.5. The summed E-state index contributed by atoms with van der Waals surface area (Å²) in [5, 5.41) is 10.5. The quantitative estimate of drug-likeness (QED) is 0.416. The number of piperidine rings is 1. The second-order valence-corrected chi connectivity index (χ2v) is 8.42. The summed E-state index contributed by atoms with van der Waals surface area (Å²) in [6.07, 6.45) is 4.33. The Bertz CT molecular complexity index is 1440. The molecule has 5 rings (SSSR count). The van der Waals surface area contributed by atoms with Gasteiger partial charge >= 0.3 is 0 Å². The number of anilines is 1. The van der Waals surface area contributed by atoms with Crippen LogP contribution in [0.3, 0.4) is 0 Å². The van der Waals surface area contributed by atoms with Crippen LogP contribution in [-0.4, -0.2) is 43.7 Å². The summed E-state index contributed by atoms with van der Waals surface area (Å²) in [5.74, 6) is 0.0428. The molecule has 0 aliphatic carbocycles. The topological polar surface area (TPSA) is 120 Å². The fourth-order valence-electron chi connectivity index (χ4n) is 4.27. The summed E-state index contributed by atoms with van der Waals surface area (Å²) >= 11 is 0. The molecule has 3 amide bonds. The molecule has 10 heteroatoms. The molecule has 1 saturated heterocycles. The van der Waals surface area contributed by atoms with Gasteiger partial charge in [0.05, 0.1) is 17.1 Å². The molecule has 178 valence electrons. The number of ether oxygens (including phenoxy) is 1. The molecule has 10 nitrogen and oxygen atoms in total. The first-order valence-electron chi connectivity index (χ1n) is 11.2. The van der Waals surface area contributed by atoms with Gasteiger partial charge in [0.15, 0.2) is 6.61 Å². The Balaban J connectivity index is 1.23. The number of carbonyl (C=O) groups excluding carboxylic acids is 3. The molecule has 1 fully saturated rings. The van der Waals surface area contributed by atoms with Gasteiger partial charge in [0.2, 0.25) is 11.8 Å². The van der Waals surface area contributed by atoms with Gasteiger partial charge in [-0.3, -0.25) is 24.4 Å². The summed E-state index contributed by atoms with van der Waals surface area (Å²) in [5.41, 5.74) is 3.02. The lowest BCUT2D eigenvalue weighted by atomic mass is 9.93. The second kappa shape index (κ2) is 9.05. The van der Waals surface area contributed by atoms with Crippen molar-refractivity contribution in [1.29, 1.82) is 0 Å². The fraction of sp³-hybridized carbons (Fsp3) is 0.240. The van der Waals surface area contributed by atoms with Gasteiger partial charge < -0.3 is 14.6 Å². The first-order chi connectivity index (χ1) is 16.9. The number of amides is 3. The van der Waals surface area contributed by atoms with E-state index in [0.717, 1.165) is 22.4 Å². The van der Waals surface area contributed by atoms with Crippen molar-refractivity contribution in [1.82, 2.24) is 24.6 Å². The molecule has 2 N–H and O–H groups in total. The zero-order valence-corrected chi connectivity index (χ0v) is 19.3. The van der Waals surface area contributed by atoms with Crippen LogP contribution < -0.4 is 15.4 Å². The van der Waals surface area contributed by atoms with Gasteiger partial charge in [-0.1, -0.05) is 0 Å². The average molecular weight is 473 g/mol. The first kappa shape index (κ1) is 22.3. The fourth-order valence-corrected chi connectivity index (χ4v) is 4.27. The Hall–Kier alpha value is -4.47. The largest absolute Gasteiger partial charge is 0.484 e. The van der Waals surface area contributed by atoms with E-state index >= 15 is 0 Å². The average Bonchev–Trinajstić information content (AvgIpc) is 3.41. The van der Waals surface area contributed by atoms with E-state index in [9.17, 15) is 14.4 Å². The molecular weight excluding hydrogens is 448 g/mol. The van der Waals surface area contributed by atoms with Crippen molar-refractivity contribution in [3.8, 4) is 11.4 Å². The van der Waals surface area contributed by atoms with E-state index in [4.69, 9.17) is 4.74 Å². The van der Waals surface area contributed by atoms with Gasteiger partial charge in [0, 0.05) is 48.7 Å². The highest BCUT2D eigenvalue weighted by molar-refractivity contribution is 6.02. The zero-order chi connectivity index (χ0) is 24.5. The molecule has 0 radical (unpaired) electrons. The highest BCUT2D eigenvalue weighted by Gasteiger charge is 2.31. The van der Waals surface area contributed by atoms with E-state index in [1.54, 1.807) is 30.1 Å². The van der Waals surface area contributed by atoms with Gasteiger partial charge in [0.1, 0.15) is 11.6 Å². The number of nitrogens with one attached hydrogen (secondary N) is 2. The molecule has 1 aliphatic heterocycles. The van der Waals surface area contributed by atoms with E-state index < -0.39 is 5.92 Å². The van der Waals surface area contributed by atoms with Gasteiger partial charge in [-0.2, -0.15) is 5.10 Å². The van der Waals surface area contributed by atoms with Crippen LogP contribution in [0, 0.1) is 6.92 Å². The molecule has 3 heterocycles. The molecule has 1 atom stereocenters. The molecule has 0 spiro atoms. The smallest absolute Gasteiger partial charge is 0.262 e. The van der Waals surface area contributed by atoms with Crippen LogP contribution in [-0.2, 0) is 21.4 Å². The Morgan fingerprint density at radius 2 is 2.00 bits per heavy atom. The minimum Gasteiger partial charge on any atom is -0.484 e. The number of rotatable bonds is 6. The van der Waals surface area contributed by atoms with Crippen LogP contribution in [0.4, 0.5) is 5.69 Å². The molecule has 2 aromatic carbocycles. The standard InChI is InChI=1S/C25H24N6O4/c1-15-26-11-12-31(15)17-5-3-16(4-6-17)27-23(33)14-35-18-7-8-19-21(13-18)30(2)29-24(19)20-9-10-22(32)28-25(20)34/h3-8,11-13,20H,9-10,14H2,1-2H3,(H,27,33)(H,28,32,34). The summed E-state index contributed by atoms with van der Waals surface area (Å²) in [6.45, 7) is 1.76. The van der Waals surface area contributed by atoms with E-state index in [1.165, 1.54) is 0 Å². The number of imide groups is 1. The third-order valence-corrected chi connectivity index (χ3v) is 6.05. The van der Waals surface area contributed by atoms with Gasteiger partial charge in [-0.15, -0.1) is 0 Å². The molecule has 0 bridgehead atoms. The summed E-state index contributed by atoms with van der Waals surface area (Å²) in [6, 6.07) is 12.8. The summed E-state index contributed by atoms with van der Waals surface area (Å²) < 4.78 is 9.33. The van der Waals surface area contributed by atoms with E-state index in [-0.39, 0.29) is 30.7 Å². The number of aromatic nitrogens is 4. The number of nitrogens with zero attached hydrogens (tertiary/aromatic N) is 4. The number of carbonyl (C=O) groups is 3. The summed E-state index contributed by atoms with van der Waals surface area (Å²) in [4.78, 5) is 40.4. The maximum absolute atomic E-state index is 12.4. The third kappa shape index (κ3) is 4.50. The van der Waals surface area contributed by atoms with E-state index in [1.807, 2.05) is 48.0 Å². The van der Waals surface area contributed by atoms with Crippen LogP contribution in [0.15, 0.2) is 54.9 Å². The normalized spacial score (nSPS) is 15.8. The Kier molecular flexibility index (Phi) is 5.77. The lowest BCUT2D eigenvalue weighted by Gasteiger charge is -2.19. The van der Waals surface area contributed by atoms with Crippen LogP contribution in [0.2, 0.25) is 0 Å². The summed E-state index contributed by atoms with van der Waals surface area (Å²) in [7, 11) is 1.78. The van der Waals surface area contributed by atoms with Crippen LogP contribution in [0.25, 0.3) is 16.6 Å². The lowest BCUT2D eigenvalue weighted by molar-refractivity contribution is -0.134. The molecule has 4 aromatic rings. The molecule has 0 saturated carbocycles. The SMILES string of the molecule is Cc1nccn1-c1ccc(NC(=O)COc2ccc3c(C4CCC(=O)NC4=O)nn(C)c3c2)cc1. The number of benzene rings is 2. The van der Waals surface area contributed by atoms with Crippen molar-refractivity contribution in [3.63, 3.8) is 0 Å². The van der Waals surface area contributed by atoms with Crippen molar-refractivity contribution in [2.45, 2.75) is 25.7 Å². The molecule has 35 heavy (non-hydrogen) atoms. The van der Waals surface area contributed by atoms with Crippen LogP contribution in [0.1, 0.15) is 30.3 Å². The van der Waals surface area contributed by atoms with Crippen molar-refractivity contribution in [2.75, 3.05) is 11.9 Å².